The van der Waals surface area contributed by atoms with Crippen molar-refractivity contribution in [3.63, 3.8) is 0 Å². The first-order valence-corrected chi connectivity index (χ1v) is 12.9. The van der Waals surface area contributed by atoms with Gasteiger partial charge in [0, 0.05) is 18.0 Å². The normalized spacial score (nSPS) is 18.7. The Morgan fingerprint density at radius 1 is 0.750 bits per heavy atom. The van der Waals surface area contributed by atoms with Gasteiger partial charge in [0.1, 0.15) is 0 Å². The summed E-state index contributed by atoms with van der Waals surface area (Å²) < 4.78 is 26.5. The highest BCUT2D eigenvalue weighted by Gasteiger charge is 2.20. The van der Waals surface area contributed by atoms with Gasteiger partial charge in [-0.05, 0) is 48.4 Å². The van der Waals surface area contributed by atoms with E-state index in [-0.39, 0.29) is 0 Å². The topological polar surface area (TPSA) is 25.8 Å². The van der Waals surface area contributed by atoms with Crippen molar-refractivity contribution >= 4 is 0 Å². The molecule has 1 aromatic carbocycles. The van der Waals surface area contributed by atoms with E-state index in [1.54, 1.807) is 0 Å². The predicted octanol–water partition coefficient (Wildman–Crippen LogP) is 8.69. The van der Waals surface area contributed by atoms with Crippen LogP contribution in [0.15, 0.2) is 30.6 Å². The third kappa shape index (κ3) is 8.26. The first-order chi connectivity index (χ1) is 15.7. The molecule has 0 spiro atoms. The molecule has 1 saturated carbocycles. The van der Waals surface area contributed by atoms with Gasteiger partial charge in [-0.15, -0.1) is 0 Å². The maximum absolute atomic E-state index is 13.4. The van der Waals surface area contributed by atoms with Crippen LogP contribution in [0.2, 0.25) is 0 Å². The van der Waals surface area contributed by atoms with Gasteiger partial charge >= 0.3 is 0 Å². The Kier molecular flexibility index (Phi) is 10.6. The predicted molar refractivity (Wildman–Crippen MR) is 128 cm³/mol. The van der Waals surface area contributed by atoms with E-state index in [1.165, 1.54) is 96.0 Å². The Labute approximate surface area is 193 Å². The number of hydrogen-bond acceptors (Lipinski definition) is 2. The van der Waals surface area contributed by atoms with Gasteiger partial charge in [0.05, 0.1) is 0 Å². The van der Waals surface area contributed by atoms with Gasteiger partial charge in [-0.25, -0.2) is 18.7 Å². The number of aromatic nitrogens is 2. The quantitative estimate of drug-likeness (QED) is 0.290. The molecule has 2 nitrogen and oxygen atoms in total. The molecule has 176 valence electrons. The Hall–Kier alpha value is -1.84. The maximum Gasteiger partial charge on any atom is 0.159 e. The Bertz CT molecular complexity index is 783. The summed E-state index contributed by atoms with van der Waals surface area (Å²) >= 11 is 0. The molecular formula is C28H40F2N2. The molecule has 0 N–H and O–H groups in total. The van der Waals surface area contributed by atoms with Gasteiger partial charge < -0.3 is 0 Å². The molecule has 0 aliphatic heterocycles. The summed E-state index contributed by atoms with van der Waals surface area (Å²) in [6, 6.07) is 3.78. The van der Waals surface area contributed by atoms with E-state index in [2.05, 4.69) is 16.9 Å². The molecule has 0 bridgehead atoms. The molecule has 0 unspecified atom stereocenters. The molecule has 1 heterocycles. The summed E-state index contributed by atoms with van der Waals surface area (Å²) in [5.41, 5.74) is 1.63. The molecule has 0 atom stereocenters. The van der Waals surface area contributed by atoms with E-state index in [0.29, 0.717) is 11.4 Å². The molecule has 1 aliphatic carbocycles. The van der Waals surface area contributed by atoms with E-state index in [1.807, 2.05) is 12.4 Å². The van der Waals surface area contributed by atoms with Crippen molar-refractivity contribution in [3.8, 4) is 11.4 Å². The maximum atomic E-state index is 13.4. The second-order valence-electron chi connectivity index (χ2n) is 9.73. The second kappa shape index (κ2) is 13.6. The van der Waals surface area contributed by atoms with Crippen LogP contribution in [0.5, 0.6) is 0 Å². The number of unbranched alkanes of at least 4 members (excludes halogenated alkanes) is 7. The summed E-state index contributed by atoms with van der Waals surface area (Å²) in [6.45, 7) is 2.28. The van der Waals surface area contributed by atoms with E-state index >= 15 is 0 Å². The van der Waals surface area contributed by atoms with Gasteiger partial charge in [-0.1, -0.05) is 90.4 Å². The number of benzene rings is 1. The van der Waals surface area contributed by atoms with Crippen LogP contribution in [0.3, 0.4) is 0 Å². The fraction of sp³-hybridized carbons (Fsp3) is 0.643. The fourth-order valence-corrected chi connectivity index (χ4v) is 5.01. The lowest BCUT2D eigenvalue weighted by Gasteiger charge is -2.28. The van der Waals surface area contributed by atoms with Gasteiger partial charge in [-0.2, -0.15) is 0 Å². The van der Waals surface area contributed by atoms with Crippen LogP contribution >= 0.6 is 0 Å². The lowest BCUT2D eigenvalue weighted by molar-refractivity contribution is 0.248. The van der Waals surface area contributed by atoms with E-state index in [0.717, 1.165) is 36.0 Å². The Morgan fingerprint density at radius 2 is 1.34 bits per heavy atom. The lowest BCUT2D eigenvalue weighted by Crippen LogP contribution is -2.15. The molecule has 0 radical (unpaired) electrons. The first-order valence-electron chi connectivity index (χ1n) is 12.9. The van der Waals surface area contributed by atoms with Crippen LogP contribution in [-0.4, -0.2) is 9.97 Å². The van der Waals surface area contributed by atoms with Crippen LogP contribution in [0.1, 0.15) is 102 Å². The zero-order valence-electron chi connectivity index (χ0n) is 19.8. The average Bonchev–Trinajstić information content (AvgIpc) is 2.82. The largest absolute Gasteiger partial charge is 0.236 e. The fourth-order valence-electron chi connectivity index (χ4n) is 5.01. The van der Waals surface area contributed by atoms with Gasteiger partial charge in [-0.3, -0.25) is 0 Å². The molecule has 1 aliphatic rings. The molecule has 2 aromatic rings. The van der Waals surface area contributed by atoms with Gasteiger partial charge in [0.15, 0.2) is 17.5 Å². The highest BCUT2D eigenvalue weighted by Crippen LogP contribution is 2.34. The molecular weight excluding hydrogens is 402 g/mol. The van der Waals surface area contributed by atoms with Crippen molar-refractivity contribution in [2.75, 3.05) is 0 Å². The van der Waals surface area contributed by atoms with E-state index < -0.39 is 11.6 Å². The van der Waals surface area contributed by atoms with Crippen LogP contribution in [0.25, 0.3) is 11.4 Å². The minimum atomic E-state index is -0.867. The SMILES string of the molecule is CCCCCCCCCCC1CCC(CCc2cnc(-c3ccc(F)c(F)c3)nc2)CC1. The number of hydrogen-bond donors (Lipinski definition) is 0. The molecule has 3 rings (SSSR count). The smallest absolute Gasteiger partial charge is 0.159 e. The number of halogens is 2. The summed E-state index contributed by atoms with van der Waals surface area (Å²) in [5, 5.41) is 0. The summed E-state index contributed by atoms with van der Waals surface area (Å²) in [4.78, 5) is 8.73. The molecule has 1 aromatic heterocycles. The number of rotatable bonds is 13. The monoisotopic (exact) mass is 442 g/mol. The molecule has 0 amide bonds. The van der Waals surface area contributed by atoms with Crippen LogP contribution in [0, 0.1) is 23.5 Å². The van der Waals surface area contributed by atoms with Gasteiger partial charge in [0.2, 0.25) is 0 Å². The van der Waals surface area contributed by atoms with E-state index in [4.69, 9.17) is 0 Å². The number of nitrogens with zero attached hydrogens (tertiary/aromatic N) is 2. The van der Waals surface area contributed by atoms with Crippen molar-refractivity contribution in [1.82, 2.24) is 9.97 Å². The minimum Gasteiger partial charge on any atom is -0.236 e. The van der Waals surface area contributed by atoms with Gasteiger partial charge in [0.25, 0.3) is 0 Å². The highest BCUT2D eigenvalue weighted by molar-refractivity contribution is 5.54. The van der Waals surface area contributed by atoms with Crippen LogP contribution in [0.4, 0.5) is 8.78 Å². The van der Waals surface area contributed by atoms with Crippen molar-refractivity contribution in [2.45, 2.75) is 103 Å². The van der Waals surface area contributed by atoms with Crippen LogP contribution < -0.4 is 0 Å². The molecule has 1 fully saturated rings. The molecule has 32 heavy (non-hydrogen) atoms. The first kappa shape index (κ1) is 24.8. The van der Waals surface area contributed by atoms with E-state index in [9.17, 15) is 8.78 Å². The zero-order chi connectivity index (χ0) is 22.6. The number of aryl methyl sites for hydroxylation is 1. The second-order valence-corrected chi connectivity index (χ2v) is 9.73. The van der Waals surface area contributed by atoms with Crippen molar-refractivity contribution < 1.29 is 8.78 Å². The highest BCUT2D eigenvalue weighted by atomic mass is 19.2. The zero-order valence-corrected chi connectivity index (χ0v) is 19.8. The standard InChI is InChI=1S/C28H40F2N2/c1-2-3-4-5-6-7-8-9-10-22-11-13-23(14-12-22)15-16-24-20-31-28(32-21-24)25-17-18-26(29)27(30)19-25/h17-23H,2-16H2,1H3. The van der Waals surface area contributed by atoms with Crippen molar-refractivity contribution in [1.29, 1.82) is 0 Å². The average molecular weight is 443 g/mol. The van der Waals surface area contributed by atoms with Crippen molar-refractivity contribution in [3.05, 3.63) is 47.8 Å². The van der Waals surface area contributed by atoms with Crippen molar-refractivity contribution in [2.24, 2.45) is 11.8 Å². The third-order valence-corrected chi connectivity index (χ3v) is 7.16. The molecule has 0 saturated heterocycles. The summed E-state index contributed by atoms with van der Waals surface area (Å²) in [6.07, 6.45) is 24.1. The lowest BCUT2D eigenvalue weighted by atomic mass is 9.78. The van der Waals surface area contributed by atoms with Crippen LogP contribution in [-0.2, 0) is 6.42 Å². The minimum absolute atomic E-state index is 0.439. The third-order valence-electron chi connectivity index (χ3n) is 7.16. The summed E-state index contributed by atoms with van der Waals surface area (Å²) in [5.74, 6) is 0.487. The Morgan fingerprint density at radius 3 is 1.97 bits per heavy atom. The molecule has 4 heteroatoms. The summed E-state index contributed by atoms with van der Waals surface area (Å²) in [7, 11) is 0. The Balaban J connectivity index is 1.29.